The van der Waals surface area contributed by atoms with Crippen LogP contribution in [0.1, 0.15) is 74.3 Å². The van der Waals surface area contributed by atoms with Crippen molar-refractivity contribution >= 4 is 17.2 Å². The molecule has 1 fully saturated rings. The number of fused-ring (bicyclic) bond motifs is 1. The average Bonchev–Trinajstić information content (AvgIpc) is 2.85. The Morgan fingerprint density at radius 2 is 2.14 bits per heavy atom. The first-order valence-corrected chi connectivity index (χ1v) is 8.71. The standard InChI is InChI=1S/C18H25NOS/c1-2-3-4-5-10-19-16(12-18(19)21)14-6-8-15-13(11-14)7-9-17(15)20/h6,8,11,16-17,20H,2-5,7,9-10,12H2,1H3/t16-,17?/m1/s1. The molecule has 1 aromatic carbocycles. The molecular formula is C18H25NOS. The van der Waals surface area contributed by atoms with Gasteiger partial charge >= 0.3 is 0 Å². The van der Waals surface area contributed by atoms with Crippen molar-refractivity contribution in [2.24, 2.45) is 0 Å². The smallest absolute Gasteiger partial charge is 0.0808 e. The Hall–Kier alpha value is -0.930. The van der Waals surface area contributed by atoms with Gasteiger partial charge in [-0.3, -0.25) is 0 Å². The van der Waals surface area contributed by atoms with E-state index in [0.717, 1.165) is 36.4 Å². The normalized spacial score (nSPS) is 24.1. The Bertz CT molecular complexity index is 528. The number of rotatable bonds is 6. The number of unbranched alkanes of at least 4 members (excludes halogenated alkanes) is 3. The van der Waals surface area contributed by atoms with Gasteiger partial charge in [0.1, 0.15) is 0 Å². The molecule has 0 aromatic heterocycles. The highest BCUT2D eigenvalue weighted by atomic mass is 32.1. The maximum Gasteiger partial charge on any atom is 0.0808 e. The van der Waals surface area contributed by atoms with Gasteiger partial charge in [0.15, 0.2) is 0 Å². The molecule has 0 radical (unpaired) electrons. The fraction of sp³-hybridized carbons (Fsp3) is 0.611. The molecule has 1 unspecified atom stereocenters. The van der Waals surface area contributed by atoms with Crippen molar-refractivity contribution in [2.45, 2.75) is 64.0 Å². The van der Waals surface area contributed by atoms with E-state index in [1.807, 2.05) is 0 Å². The van der Waals surface area contributed by atoms with Gasteiger partial charge in [0.2, 0.25) is 0 Å². The maximum absolute atomic E-state index is 9.91. The molecule has 0 saturated carbocycles. The molecule has 1 aliphatic carbocycles. The molecule has 1 N–H and O–H groups in total. The lowest BCUT2D eigenvalue weighted by molar-refractivity contribution is 0.180. The Balaban J connectivity index is 1.65. The number of hydrogen-bond acceptors (Lipinski definition) is 2. The molecule has 2 atom stereocenters. The van der Waals surface area contributed by atoms with E-state index in [9.17, 15) is 5.11 Å². The van der Waals surface area contributed by atoms with Gasteiger partial charge in [-0.1, -0.05) is 56.6 Å². The molecular weight excluding hydrogens is 278 g/mol. The number of aryl methyl sites for hydroxylation is 1. The highest BCUT2D eigenvalue weighted by Gasteiger charge is 2.34. The summed E-state index contributed by atoms with van der Waals surface area (Å²) >= 11 is 5.46. The zero-order valence-electron chi connectivity index (χ0n) is 12.8. The minimum atomic E-state index is -0.248. The second-order valence-electron chi connectivity index (χ2n) is 6.38. The van der Waals surface area contributed by atoms with Gasteiger partial charge in [-0.15, -0.1) is 0 Å². The molecule has 1 heterocycles. The molecule has 114 valence electrons. The number of aliphatic hydroxyl groups is 1. The summed E-state index contributed by atoms with van der Waals surface area (Å²) < 4.78 is 0. The maximum atomic E-state index is 9.91. The van der Waals surface area contributed by atoms with Crippen LogP contribution in [0.4, 0.5) is 0 Å². The van der Waals surface area contributed by atoms with Crippen LogP contribution in [0.2, 0.25) is 0 Å². The van der Waals surface area contributed by atoms with E-state index < -0.39 is 0 Å². The van der Waals surface area contributed by atoms with Gasteiger partial charge in [0.25, 0.3) is 0 Å². The predicted molar refractivity (Wildman–Crippen MR) is 90.5 cm³/mol. The van der Waals surface area contributed by atoms with Crippen LogP contribution in [0.25, 0.3) is 0 Å². The summed E-state index contributed by atoms with van der Waals surface area (Å²) in [4.78, 5) is 3.52. The molecule has 0 bridgehead atoms. The van der Waals surface area contributed by atoms with Crippen LogP contribution in [-0.4, -0.2) is 21.5 Å². The fourth-order valence-electron chi connectivity index (χ4n) is 3.56. The lowest BCUT2D eigenvalue weighted by atomic mass is 9.91. The van der Waals surface area contributed by atoms with E-state index in [2.05, 4.69) is 30.0 Å². The number of likely N-dealkylation sites (tertiary alicyclic amines) is 1. The van der Waals surface area contributed by atoms with Crippen molar-refractivity contribution in [1.82, 2.24) is 4.90 Å². The van der Waals surface area contributed by atoms with Crippen molar-refractivity contribution in [3.63, 3.8) is 0 Å². The van der Waals surface area contributed by atoms with Crippen molar-refractivity contribution < 1.29 is 5.11 Å². The van der Waals surface area contributed by atoms with E-state index in [1.54, 1.807) is 0 Å². The van der Waals surface area contributed by atoms with Gasteiger partial charge in [-0.05, 0) is 36.0 Å². The summed E-state index contributed by atoms with van der Waals surface area (Å²) in [6.45, 7) is 3.35. The van der Waals surface area contributed by atoms with E-state index >= 15 is 0 Å². The SMILES string of the molecule is CCCCCCN1C(=S)C[C@@H]1c1ccc2c(c1)CCC2O. The van der Waals surface area contributed by atoms with Gasteiger partial charge < -0.3 is 10.0 Å². The predicted octanol–water partition coefficient (Wildman–Crippen LogP) is 4.32. The van der Waals surface area contributed by atoms with Crippen LogP contribution in [0.5, 0.6) is 0 Å². The molecule has 3 heteroatoms. The third-order valence-corrected chi connectivity index (χ3v) is 5.32. The minimum Gasteiger partial charge on any atom is -0.388 e. The third kappa shape index (κ3) is 3.00. The molecule has 21 heavy (non-hydrogen) atoms. The molecule has 1 aromatic rings. The summed E-state index contributed by atoms with van der Waals surface area (Å²) in [6, 6.07) is 7.09. The van der Waals surface area contributed by atoms with Gasteiger partial charge in [0.05, 0.1) is 17.1 Å². The van der Waals surface area contributed by atoms with Gasteiger partial charge in [0, 0.05) is 13.0 Å². The summed E-state index contributed by atoms with van der Waals surface area (Å²) in [7, 11) is 0. The first-order chi connectivity index (χ1) is 10.2. The zero-order chi connectivity index (χ0) is 14.8. The van der Waals surface area contributed by atoms with E-state index in [4.69, 9.17) is 12.2 Å². The van der Waals surface area contributed by atoms with Gasteiger partial charge in [-0.25, -0.2) is 0 Å². The van der Waals surface area contributed by atoms with Crippen LogP contribution in [0.3, 0.4) is 0 Å². The Labute approximate surface area is 133 Å². The van der Waals surface area contributed by atoms with Crippen LogP contribution in [0.15, 0.2) is 18.2 Å². The van der Waals surface area contributed by atoms with E-state index in [1.165, 1.54) is 36.8 Å². The molecule has 1 aliphatic heterocycles. The minimum absolute atomic E-state index is 0.248. The fourth-order valence-corrected chi connectivity index (χ4v) is 3.94. The quantitative estimate of drug-likeness (QED) is 0.625. The van der Waals surface area contributed by atoms with Crippen molar-refractivity contribution in [2.75, 3.05) is 6.54 Å². The van der Waals surface area contributed by atoms with Crippen LogP contribution in [-0.2, 0) is 6.42 Å². The second-order valence-corrected chi connectivity index (χ2v) is 6.85. The number of thiocarbonyl (C=S) groups is 1. The lowest BCUT2D eigenvalue weighted by Crippen LogP contribution is -2.45. The lowest BCUT2D eigenvalue weighted by Gasteiger charge is -2.44. The highest BCUT2D eigenvalue weighted by Crippen LogP contribution is 2.39. The summed E-state index contributed by atoms with van der Waals surface area (Å²) in [5.41, 5.74) is 3.85. The third-order valence-electron chi connectivity index (χ3n) is 4.92. The molecule has 3 rings (SSSR count). The monoisotopic (exact) mass is 303 g/mol. The number of hydrogen-bond donors (Lipinski definition) is 1. The van der Waals surface area contributed by atoms with E-state index in [0.29, 0.717) is 6.04 Å². The summed E-state index contributed by atoms with van der Waals surface area (Å²) in [6.07, 6.45) is 7.81. The second kappa shape index (κ2) is 6.45. The molecule has 0 amide bonds. The topological polar surface area (TPSA) is 23.5 Å². The number of aliphatic hydroxyl groups excluding tert-OH is 1. The average molecular weight is 303 g/mol. The molecule has 0 spiro atoms. The molecule has 2 nitrogen and oxygen atoms in total. The van der Waals surface area contributed by atoms with E-state index in [-0.39, 0.29) is 6.10 Å². The first-order valence-electron chi connectivity index (χ1n) is 8.31. The Morgan fingerprint density at radius 3 is 2.90 bits per heavy atom. The zero-order valence-corrected chi connectivity index (χ0v) is 13.7. The van der Waals surface area contributed by atoms with Crippen molar-refractivity contribution in [3.8, 4) is 0 Å². The number of nitrogens with zero attached hydrogens (tertiary/aromatic N) is 1. The Morgan fingerprint density at radius 1 is 1.29 bits per heavy atom. The highest BCUT2D eigenvalue weighted by molar-refractivity contribution is 7.80. The van der Waals surface area contributed by atoms with Crippen LogP contribution in [0, 0.1) is 0 Å². The number of benzene rings is 1. The first kappa shape index (κ1) is 15.0. The summed E-state index contributed by atoms with van der Waals surface area (Å²) in [5, 5.41) is 9.91. The van der Waals surface area contributed by atoms with Crippen molar-refractivity contribution in [1.29, 1.82) is 0 Å². The van der Waals surface area contributed by atoms with Crippen LogP contribution < -0.4 is 0 Å². The summed E-state index contributed by atoms with van der Waals surface area (Å²) in [5.74, 6) is 0. The molecule has 1 saturated heterocycles. The van der Waals surface area contributed by atoms with Gasteiger partial charge in [-0.2, -0.15) is 0 Å². The Kier molecular flexibility index (Phi) is 4.60. The molecule has 2 aliphatic rings. The largest absolute Gasteiger partial charge is 0.388 e. The van der Waals surface area contributed by atoms with Crippen LogP contribution >= 0.6 is 12.2 Å². The van der Waals surface area contributed by atoms with Crippen molar-refractivity contribution in [3.05, 3.63) is 34.9 Å².